The Morgan fingerprint density at radius 1 is 0.603 bits per heavy atom. The summed E-state index contributed by atoms with van der Waals surface area (Å²) in [6, 6.07) is 0. The number of piperidine rings is 1. The number of amides is 2. The van der Waals surface area contributed by atoms with Gasteiger partial charge in [0.1, 0.15) is 6.61 Å². The van der Waals surface area contributed by atoms with Crippen LogP contribution >= 0.6 is 7.82 Å². The number of rotatable bonds is 40. The molecule has 58 heavy (non-hydrogen) atoms. The number of ether oxygens (including phenoxy) is 2. The number of phosphoric ester groups is 1. The van der Waals surface area contributed by atoms with Crippen LogP contribution in [0.3, 0.4) is 0 Å². The molecule has 1 heterocycles. The molecule has 11 nitrogen and oxygen atoms in total. The van der Waals surface area contributed by atoms with Crippen molar-refractivity contribution in [3.63, 3.8) is 0 Å². The van der Waals surface area contributed by atoms with E-state index >= 15 is 0 Å². The second-order valence-corrected chi connectivity index (χ2v) is 17.3. The zero-order valence-electron chi connectivity index (χ0n) is 36.7. The fourth-order valence-corrected chi connectivity index (χ4v) is 7.55. The number of esters is 2. The van der Waals surface area contributed by atoms with Crippen LogP contribution in [-0.2, 0) is 42.3 Å². The van der Waals surface area contributed by atoms with E-state index < -0.39 is 39.1 Å². The summed E-state index contributed by atoms with van der Waals surface area (Å²) in [7, 11) is -4.63. The molecule has 1 aliphatic heterocycles. The topological polar surface area (TPSA) is 146 Å². The predicted octanol–water partition coefficient (Wildman–Crippen LogP) is 12.2. The monoisotopic (exact) mass is 840 g/mol. The molecule has 1 aliphatic rings. The number of allylic oxidation sites excluding steroid dienone is 4. The third-order valence-electron chi connectivity index (χ3n) is 10.4. The Morgan fingerprint density at radius 2 is 1.02 bits per heavy atom. The van der Waals surface area contributed by atoms with E-state index in [1.807, 2.05) is 0 Å². The maximum Gasteiger partial charge on any atom is 0.472 e. The third kappa shape index (κ3) is 32.5. The number of unbranched alkanes of at least 4 members (excludes halogenated alkanes) is 22. The SMILES string of the molecule is CCCCCCCC/C=C\CCCCCCCC(=O)OC[C@H](COP(=O)(O)OCCN1C(=O)CCCC1=O)OC(=O)CCCCCCC/C=C\CCCCCCCC. The number of hydrogen-bond donors (Lipinski definition) is 1. The lowest BCUT2D eigenvalue weighted by atomic mass is 10.1. The van der Waals surface area contributed by atoms with Gasteiger partial charge in [0.15, 0.2) is 6.10 Å². The van der Waals surface area contributed by atoms with Crippen LogP contribution in [-0.4, -0.2) is 66.0 Å². The average molecular weight is 840 g/mol. The Labute approximate surface area is 352 Å². The molecule has 0 aliphatic carbocycles. The van der Waals surface area contributed by atoms with Crippen LogP contribution in [0.5, 0.6) is 0 Å². The van der Waals surface area contributed by atoms with Gasteiger partial charge in [0.25, 0.3) is 0 Å². The minimum Gasteiger partial charge on any atom is -0.462 e. The lowest BCUT2D eigenvalue weighted by molar-refractivity contribution is -0.161. The van der Waals surface area contributed by atoms with Crippen molar-refractivity contribution in [2.45, 2.75) is 219 Å². The zero-order chi connectivity index (χ0) is 42.4. The standard InChI is InChI=1S/C46H82NO10P/c1-3-5-7-9-11-13-15-17-19-21-23-25-27-29-31-36-45(50)54-40-42(41-56-58(52,53)55-39-38-47-43(48)34-33-35-44(47)49)57-46(51)37-32-30-28-26-24-22-20-18-16-14-12-10-8-6-4-2/h17-20,42H,3-16,21-41H2,1-2H3,(H,52,53)/b19-17-,20-18-/t42-/m1/s1. The van der Waals surface area contributed by atoms with E-state index in [1.54, 1.807) is 0 Å². The second kappa shape index (κ2) is 37.7. The van der Waals surface area contributed by atoms with Crippen molar-refractivity contribution >= 4 is 31.6 Å². The molecule has 1 rings (SSSR count). The third-order valence-corrected chi connectivity index (χ3v) is 11.4. The first kappa shape index (κ1) is 53.7. The molecule has 1 N–H and O–H groups in total. The molecule has 1 saturated heterocycles. The summed E-state index contributed by atoms with van der Waals surface area (Å²) in [5.74, 6) is -1.64. The lowest BCUT2D eigenvalue weighted by Crippen LogP contribution is -2.41. The minimum absolute atomic E-state index is 0.169. The molecular formula is C46H82NO10P. The maximum absolute atomic E-state index is 12.7. The quantitative estimate of drug-likeness (QED) is 0.0208. The molecular weight excluding hydrogens is 757 g/mol. The maximum atomic E-state index is 12.7. The Morgan fingerprint density at radius 3 is 1.48 bits per heavy atom. The van der Waals surface area contributed by atoms with Crippen LogP contribution in [0, 0.1) is 0 Å². The van der Waals surface area contributed by atoms with E-state index in [9.17, 15) is 28.6 Å². The summed E-state index contributed by atoms with van der Waals surface area (Å²) in [4.78, 5) is 60.6. The second-order valence-electron chi connectivity index (χ2n) is 15.9. The number of phosphoric acid groups is 1. The van der Waals surface area contributed by atoms with E-state index in [-0.39, 0.29) is 50.6 Å². The molecule has 2 amide bonds. The first-order valence-corrected chi connectivity index (χ1v) is 24.8. The molecule has 1 unspecified atom stereocenters. The van der Waals surface area contributed by atoms with E-state index in [0.717, 1.165) is 81.9 Å². The van der Waals surface area contributed by atoms with Gasteiger partial charge in [0, 0.05) is 25.7 Å². The summed E-state index contributed by atoms with van der Waals surface area (Å²) in [5, 5.41) is 0. The highest BCUT2D eigenvalue weighted by atomic mass is 31.2. The molecule has 0 aromatic carbocycles. The first-order valence-electron chi connectivity index (χ1n) is 23.3. The zero-order valence-corrected chi connectivity index (χ0v) is 37.5. The molecule has 2 atom stereocenters. The molecule has 12 heteroatoms. The van der Waals surface area contributed by atoms with E-state index in [0.29, 0.717) is 19.3 Å². The molecule has 0 aromatic rings. The smallest absolute Gasteiger partial charge is 0.462 e. The van der Waals surface area contributed by atoms with Crippen molar-refractivity contribution in [1.82, 2.24) is 4.90 Å². The molecule has 0 aromatic heterocycles. The fraction of sp³-hybridized carbons (Fsp3) is 0.826. The largest absolute Gasteiger partial charge is 0.472 e. The van der Waals surface area contributed by atoms with Crippen LogP contribution in [0.25, 0.3) is 0 Å². The Balaban J connectivity index is 2.38. The summed E-state index contributed by atoms with van der Waals surface area (Å²) in [6.45, 7) is 3.06. The molecule has 0 spiro atoms. The Hall–Kier alpha value is -2.33. The van der Waals surface area contributed by atoms with Crippen LogP contribution in [0.1, 0.15) is 213 Å². The van der Waals surface area contributed by atoms with Gasteiger partial charge in [-0.1, -0.05) is 141 Å². The van der Waals surface area contributed by atoms with Crippen molar-refractivity contribution in [2.24, 2.45) is 0 Å². The van der Waals surface area contributed by atoms with Crippen molar-refractivity contribution < 1.29 is 47.2 Å². The van der Waals surface area contributed by atoms with Crippen molar-refractivity contribution in [2.75, 3.05) is 26.4 Å². The van der Waals surface area contributed by atoms with E-state index in [4.69, 9.17) is 18.5 Å². The van der Waals surface area contributed by atoms with Gasteiger partial charge in [-0.05, 0) is 70.6 Å². The van der Waals surface area contributed by atoms with Crippen LogP contribution in [0.2, 0.25) is 0 Å². The van der Waals surface area contributed by atoms with Gasteiger partial charge >= 0.3 is 19.8 Å². The predicted molar refractivity (Wildman–Crippen MR) is 232 cm³/mol. The van der Waals surface area contributed by atoms with Crippen LogP contribution in [0.4, 0.5) is 0 Å². The minimum atomic E-state index is -4.63. The van der Waals surface area contributed by atoms with Gasteiger partial charge < -0.3 is 14.4 Å². The number of carbonyl (C=O) groups is 4. The Bertz CT molecular complexity index is 1160. The average Bonchev–Trinajstić information content (AvgIpc) is 3.20. The van der Waals surface area contributed by atoms with Crippen molar-refractivity contribution in [3.05, 3.63) is 24.3 Å². The van der Waals surface area contributed by atoms with Crippen LogP contribution in [0.15, 0.2) is 24.3 Å². The highest BCUT2D eigenvalue weighted by molar-refractivity contribution is 7.47. The van der Waals surface area contributed by atoms with Gasteiger partial charge in [-0.3, -0.25) is 33.1 Å². The van der Waals surface area contributed by atoms with E-state index in [1.165, 1.54) is 77.0 Å². The molecule has 336 valence electrons. The normalized spacial score (nSPS) is 15.1. The lowest BCUT2D eigenvalue weighted by Gasteiger charge is -2.25. The summed E-state index contributed by atoms with van der Waals surface area (Å²) in [5.41, 5.74) is 0. The van der Waals surface area contributed by atoms with Gasteiger partial charge in [0.05, 0.1) is 19.8 Å². The summed E-state index contributed by atoms with van der Waals surface area (Å²) < 4.78 is 33.6. The number of hydrogen-bond acceptors (Lipinski definition) is 9. The Kier molecular flexibility index (Phi) is 34.9. The van der Waals surface area contributed by atoms with Crippen molar-refractivity contribution in [1.29, 1.82) is 0 Å². The number of imide groups is 1. The molecule has 0 saturated carbocycles. The molecule has 1 fully saturated rings. The number of nitrogens with zero attached hydrogens (tertiary/aromatic N) is 1. The fourth-order valence-electron chi connectivity index (χ4n) is 6.81. The number of carbonyl (C=O) groups excluding carboxylic acids is 4. The molecule has 0 bridgehead atoms. The highest BCUT2D eigenvalue weighted by Crippen LogP contribution is 2.43. The van der Waals surface area contributed by atoms with Gasteiger partial charge in [-0.2, -0.15) is 0 Å². The first-order chi connectivity index (χ1) is 28.2. The van der Waals surface area contributed by atoms with Gasteiger partial charge in [-0.25, -0.2) is 4.57 Å². The molecule has 0 radical (unpaired) electrons. The van der Waals surface area contributed by atoms with Crippen molar-refractivity contribution in [3.8, 4) is 0 Å². The summed E-state index contributed by atoms with van der Waals surface area (Å²) in [6.07, 6.45) is 39.3. The van der Waals surface area contributed by atoms with Crippen LogP contribution < -0.4 is 0 Å². The summed E-state index contributed by atoms with van der Waals surface area (Å²) >= 11 is 0. The van der Waals surface area contributed by atoms with Gasteiger partial charge in [-0.15, -0.1) is 0 Å². The highest BCUT2D eigenvalue weighted by Gasteiger charge is 2.29. The van der Waals surface area contributed by atoms with E-state index in [2.05, 4.69) is 38.2 Å². The van der Waals surface area contributed by atoms with Gasteiger partial charge in [0.2, 0.25) is 11.8 Å². The number of likely N-dealkylation sites (tertiary alicyclic amines) is 1.